The molecule has 0 radical (unpaired) electrons. The van der Waals surface area contributed by atoms with Crippen LogP contribution in [0.15, 0.2) is 17.0 Å². The van der Waals surface area contributed by atoms with Gasteiger partial charge in [0.1, 0.15) is 11.3 Å². The summed E-state index contributed by atoms with van der Waals surface area (Å²) < 4.78 is 26.5. The summed E-state index contributed by atoms with van der Waals surface area (Å²) in [4.78, 5) is 10.9. The van der Waals surface area contributed by atoms with Crippen LogP contribution in [0.3, 0.4) is 0 Å². The van der Waals surface area contributed by atoms with Crippen LogP contribution in [-0.4, -0.2) is 53.2 Å². The molecule has 0 aliphatic carbocycles. The van der Waals surface area contributed by atoms with Crippen molar-refractivity contribution in [2.75, 3.05) is 13.2 Å². The minimum absolute atomic E-state index is 0.155. The van der Waals surface area contributed by atoms with Gasteiger partial charge in [-0.3, -0.25) is 0 Å². The van der Waals surface area contributed by atoms with Gasteiger partial charge in [0.15, 0.2) is 0 Å². The van der Waals surface area contributed by atoms with Gasteiger partial charge in [-0.15, -0.1) is 0 Å². The topological polar surface area (TPSA) is 115 Å². The molecule has 0 saturated carbocycles. The SMILES string of the molecule is Cc1cc(O)c(C(=O)O)cc1S(=O)(=O)N1CCCC1CO. The number of aryl methyl sites for hydroxylation is 1. The highest BCUT2D eigenvalue weighted by Crippen LogP contribution is 2.31. The average Bonchev–Trinajstić information content (AvgIpc) is 2.86. The van der Waals surface area contributed by atoms with Crippen LogP contribution >= 0.6 is 0 Å². The number of aromatic hydroxyl groups is 1. The van der Waals surface area contributed by atoms with Crippen molar-refractivity contribution in [3.63, 3.8) is 0 Å². The van der Waals surface area contributed by atoms with Crippen molar-refractivity contribution in [3.8, 4) is 5.75 Å². The molecule has 3 N–H and O–H groups in total. The van der Waals surface area contributed by atoms with Gasteiger partial charge in [-0.2, -0.15) is 4.31 Å². The fourth-order valence-electron chi connectivity index (χ4n) is 2.56. The number of rotatable bonds is 4. The molecule has 1 saturated heterocycles. The Kier molecular flexibility index (Phi) is 4.22. The number of hydrogen-bond acceptors (Lipinski definition) is 5. The van der Waals surface area contributed by atoms with Crippen LogP contribution in [0, 0.1) is 6.92 Å². The van der Waals surface area contributed by atoms with E-state index in [9.17, 15) is 23.4 Å². The van der Waals surface area contributed by atoms with Crippen LogP contribution < -0.4 is 0 Å². The first-order chi connectivity index (χ1) is 9.78. The van der Waals surface area contributed by atoms with E-state index in [1.165, 1.54) is 11.2 Å². The predicted octanol–water partition coefficient (Wildman–Crippen LogP) is 0.544. The molecule has 1 fully saturated rings. The van der Waals surface area contributed by atoms with Crippen LogP contribution in [0.2, 0.25) is 0 Å². The summed E-state index contributed by atoms with van der Waals surface area (Å²) in [6.45, 7) is 1.50. The predicted molar refractivity (Wildman–Crippen MR) is 73.8 cm³/mol. The molecule has 1 aliphatic rings. The second kappa shape index (κ2) is 5.63. The number of phenols is 1. The van der Waals surface area contributed by atoms with Crippen molar-refractivity contribution in [1.82, 2.24) is 4.31 Å². The van der Waals surface area contributed by atoms with E-state index in [0.717, 1.165) is 12.1 Å². The van der Waals surface area contributed by atoms with Gasteiger partial charge in [-0.05, 0) is 37.5 Å². The van der Waals surface area contributed by atoms with Crippen LogP contribution in [0.5, 0.6) is 5.75 Å². The number of hydrogen-bond donors (Lipinski definition) is 3. The summed E-state index contributed by atoms with van der Waals surface area (Å²) in [6, 6.07) is 1.60. The standard InChI is InChI=1S/C13H17NO6S/c1-8-5-11(16)10(13(17)18)6-12(8)21(19,20)14-4-2-3-9(14)7-15/h5-6,9,15-16H,2-4,7H2,1H3,(H,17,18). The summed E-state index contributed by atoms with van der Waals surface area (Å²) in [6.07, 6.45) is 1.21. The number of aliphatic hydroxyl groups excluding tert-OH is 1. The lowest BCUT2D eigenvalue weighted by Crippen LogP contribution is -2.38. The zero-order valence-electron chi connectivity index (χ0n) is 11.5. The summed E-state index contributed by atoms with van der Waals surface area (Å²) in [5.41, 5.74) is -0.194. The molecule has 1 aromatic rings. The van der Waals surface area contributed by atoms with Gasteiger partial charge in [0.05, 0.1) is 11.5 Å². The Morgan fingerprint density at radius 1 is 1.43 bits per heavy atom. The maximum absolute atomic E-state index is 12.7. The smallest absolute Gasteiger partial charge is 0.339 e. The van der Waals surface area contributed by atoms with Gasteiger partial charge < -0.3 is 15.3 Å². The maximum atomic E-state index is 12.7. The number of sulfonamides is 1. The van der Waals surface area contributed by atoms with E-state index in [0.29, 0.717) is 12.8 Å². The Morgan fingerprint density at radius 3 is 2.67 bits per heavy atom. The van der Waals surface area contributed by atoms with E-state index < -0.39 is 33.3 Å². The zero-order chi connectivity index (χ0) is 15.8. The number of carboxylic acid groups (broad SMARTS) is 1. The van der Waals surface area contributed by atoms with Crippen molar-refractivity contribution in [2.45, 2.75) is 30.7 Å². The summed E-state index contributed by atoms with van der Waals surface area (Å²) in [7, 11) is -3.90. The molecule has 1 unspecified atom stereocenters. The summed E-state index contributed by atoms with van der Waals surface area (Å²) >= 11 is 0. The number of nitrogens with zero attached hydrogens (tertiary/aromatic N) is 1. The number of benzene rings is 1. The van der Waals surface area contributed by atoms with Crippen molar-refractivity contribution >= 4 is 16.0 Å². The van der Waals surface area contributed by atoms with Crippen molar-refractivity contribution in [3.05, 3.63) is 23.3 Å². The van der Waals surface area contributed by atoms with Gasteiger partial charge in [0.25, 0.3) is 0 Å². The zero-order valence-corrected chi connectivity index (χ0v) is 12.3. The quantitative estimate of drug-likeness (QED) is 0.747. The molecule has 116 valence electrons. The maximum Gasteiger partial charge on any atom is 0.339 e. The van der Waals surface area contributed by atoms with Crippen LogP contribution in [0.25, 0.3) is 0 Å². The van der Waals surface area contributed by atoms with Crippen LogP contribution in [0.1, 0.15) is 28.8 Å². The highest BCUT2D eigenvalue weighted by Gasteiger charge is 2.36. The van der Waals surface area contributed by atoms with E-state index in [1.54, 1.807) is 0 Å². The van der Waals surface area contributed by atoms with Crippen molar-refractivity contribution in [1.29, 1.82) is 0 Å². The molecule has 1 aliphatic heterocycles. The third-order valence-corrected chi connectivity index (χ3v) is 5.74. The number of carboxylic acids is 1. The normalized spacial score (nSPS) is 19.8. The third-order valence-electron chi connectivity index (χ3n) is 3.64. The monoisotopic (exact) mass is 315 g/mol. The molecule has 8 heteroatoms. The highest BCUT2D eigenvalue weighted by molar-refractivity contribution is 7.89. The van der Waals surface area contributed by atoms with E-state index in [1.807, 2.05) is 0 Å². The lowest BCUT2D eigenvalue weighted by atomic mass is 10.1. The molecule has 7 nitrogen and oxygen atoms in total. The molecular weight excluding hydrogens is 298 g/mol. The second-order valence-electron chi connectivity index (χ2n) is 5.03. The fraction of sp³-hybridized carbons (Fsp3) is 0.462. The largest absolute Gasteiger partial charge is 0.507 e. The van der Waals surface area contributed by atoms with E-state index >= 15 is 0 Å². The Balaban J connectivity index is 2.54. The minimum atomic E-state index is -3.90. The lowest BCUT2D eigenvalue weighted by Gasteiger charge is -2.23. The molecule has 21 heavy (non-hydrogen) atoms. The fourth-order valence-corrected chi connectivity index (χ4v) is 4.48. The molecular formula is C13H17NO6S. The summed E-state index contributed by atoms with van der Waals surface area (Å²) in [5.74, 6) is -1.87. The van der Waals surface area contributed by atoms with Crippen LogP contribution in [0.4, 0.5) is 0 Å². The molecule has 0 spiro atoms. The number of carbonyl (C=O) groups is 1. The van der Waals surface area contributed by atoms with Gasteiger partial charge in [0, 0.05) is 12.6 Å². The van der Waals surface area contributed by atoms with E-state index in [4.69, 9.17) is 5.11 Å². The first kappa shape index (κ1) is 15.7. The third kappa shape index (κ3) is 2.74. The van der Waals surface area contributed by atoms with Gasteiger partial charge in [0.2, 0.25) is 10.0 Å². The van der Waals surface area contributed by atoms with Crippen molar-refractivity contribution in [2.24, 2.45) is 0 Å². The molecule has 2 rings (SSSR count). The molecule has 0 bridgehead atoms. The lowest BCUT2D eigenvalue weighted by molar-refractivity contribution is 0.0693. The van der Waals surface area contributed by atoms with Crippen LogP contribution in [-0.2, 0) is 10.0 Å². The molecule has 1 atom stereocenters. The summed E-state index contributed by atoms with van der Waals surface area (Å²) in [5, 5.41) is 27.9. The Hall–Kier alpha value is -1.64. The van der Waals surface area contributed by atoms with Gasteiger partial charge in [-0.1, -0.05) is 0 Å². The Morgan fingerprint density at radius 2 is 2.10 bits per heavy atom. The first-order valence-electron chi connectivity index (χ1n) is 6.48. The Labute approximate surface area is 122 Å². The number of aliphatic hydroxyl groups is 1. The van der Waals surface area contributed by atoms with Crippen molar-refractivity contribution < 1.29 is 28.5 Å². The molecule has 1 heterocycles. The Bertz CT molecular complexity index is 669. The minimum Gasteiger partial charge on any atom is -0.507 e. The average molecular weight is 315 g/mol. The molecule has 0 amide bonds. The number of aromatic carboxylic acids is 1. The first-order valence-corrected chi connectivity index (χ1v) is 7.92. The van der Waals surface area contributed by atoms with Gasteiger partial charge in [-0.25, -0.2) is 13.2 Å². The molecule has 0 aromatic heterocycles. The van der Waals surface area contributed by atoms with E-state index in [2.05, 4.69) is 0 Å². The van der Waals surface area contributed by atoms with Gasteiger partial charge >= 0.3 is 5.97 Å². The highest BCUT2D eigenvalue weighted by atomic mass is 32.2. The molecule has 1 aromatic carbocycles. The second-order valence-corrected chi connectivity index (χ2v) is 6.89. The van der Waals surface area contributed by atoms with E-state index in [-0.39, 0.29) is 23.6 Å².